The SMILES string of the molecule is C=CC(C)(OC(C)=O)c1ccc(Cl)cc1. The molecule has 0 radical (unpaired) electrons. The van der Waals surface area contributed by atoms with E-state index in [9.17, 15) is 4.79 Å². The zero-order chi connectivity index (χ0) is 11.5. The fourth-order valence-corrected chi connectivity index (χ4v) is 1.42. The van der Waals surface area contributed by atoms with Crippen molar-refractivity contribution < 1.29 is 9.53 Å². The number of ether oxygens (including phenoxy) is 1. The van der Waals surface area contributed by atoms with Gasteiger partial charge in [0, 0.05) is 11.9 Å². The third-order valence-corrected chi connectivity index (χ3v) is 2.41. The molecule has 0 amide bonds. The Hall–Kier alpha value is -1.28. The Morgan fingerprint density at radius 2 is 2.00 bits per heavy atom. The Morgan fingerprint density at radius 3 is 2.40 bits per heavy atom. The highest BCUT2D eigenvalue weighted by atomic mass is 35.5. The second-order valence-corrected chi connectivity index (χ2v) is 3.85. The van der Waals surface area contributed by atoms with E-state index in [0.29, 0.717) is 5.02 Å². The van der Waals surface area contributed by atoms with Gasteiger partial charge in [0.25, 0.3) is 0 Å². The molecule has 1 aromatic carbocycles. The van der Waals surface area contributed by atoms with Crippen molar-refractivity contribution in [2.75, 3.05) is 0 Å². The van der Waals surface area contributed by atoms with Crippen molar-refractivity contribution in [3.8, 4) is 0 Å². The summed E-state index contributed by atoms with van der Waals surface area (Å²) in [7, 11) is 0. The highest BCUT2D eigenvalue weighted by Crippen LogP contribution is 2.27. The summed E-state index contributed by atoms with van der Waals surface area (Å²) < 4.78 is 5.21. The van der Waals surface area contributed by atoms with Crippen molar-refractivity contribution in [2.24, 2.45) is 0 Å². The van der Waals surface area contributed by atoms with Crippen molar-refractivity contribution >= 4 is 17.6 Å². The van der Waals surface area contributed by atoms with E-state index < -0.39 is 5.60 Å². The lowest BCUT2D eigenvalue weighted by molar-refractivity contribution is -0.151. The van der Waals surface area contributed by atoms with Gasteiger partial charge >= 0.3 is 5.97 Å². The van der Waals surface area contributed by atoms with Gasteiger partial charge < -0.3 is 4.74 Å². The topological polar surface area (TPSA) is 26.3 Å². The molecule has 0 aliphatic heterocycles. The summed E-state index contributed by atoms with van der Waals surface area (Å²) in [4.78, 5) is 11.0. The van der Waals surface area contributed by atoms with E-state index in [4.69, 9.17) is 16.3 Å². The summed E-state index contributed by atoms with van der Waals surface area (Å²) in [5.74, 6) is -0.340. The van der Waals surface area contributed by atoms with Crippen molar-refractivity contribution in [1.29, 1.82) is 0 Å². The maximum Gasteiger partial charge on any atom is 0.303 e. The number of halogens is 1. The van der Waals surface area contributed by atoms with Crippen LogP contribution in [0, 0.1) is 0 Å². The standard InChI is InChI=1S/C12H13ClO2/c1-4-12(3,15-9(2)14)10-5-7-11(13)8-6-10/h4-8H,1H2,2-3H3. The highest BCUT2D eigenvalue weighted by Gasteiger charge is 2.25. The smallest absolute Gasteiger partial charge is 0.303 e. The van der Waals surface area contributed by atoms with E-state index in [1.165, 1.54) is 6.92 Å². The first-order valence-corrected chi connectivity index (χ1v) is 4.95. The van der Waals surface area contributed by atoms with Crippen molar-refractivity contribution in [3.63, 3.8) is 0 Å². The normalized spacial score (nSPS) is 14.1. The molecule has 0 aromatic heterocycles. The molecule has 0 saturated carbocycles. The van der Waals surface area contributed by atoms with Crippen molar-refractivity contribution in [3.05, 3.63) is 47.5 Å². The number of carbonyl (C=O) groups is 1. The Labute approximate surface area is 94.5 Å². The van der Waals surface area contributed by atoms with Crippen LogP contribution < -0.4 is 0 Å². The predicted molar refractivity (Wildman–Crippen MR) is 60.8 cm³/mol. The fourth-order valence-electron chi connectivity index (χ4n) is 1.30. The van der Waals surface area contributed by atoms with Crippen LogP contribution >= 0.6 is 11.6 Å². The monoisotopic (exact) mass is 224 g/mol. The van der Waals surface area contributed by atoms with Crippen LogP contribution in [0.15, 0.2) is 36.9 Å². The molecule has 0 N–H and O–H groups in total. The molecule has 1 atom stereocenters. The predicted octanol–water partition coefficient (Wildman–Crippen LogP) is 3.30. The molecule has 0 heterocycles. The van der Waals surface area contributed by atoms with Crippen LogP contribution in [0.2, 0.25) is 5.02 Å². The minimum absolute atomic E-state index is 0.340. The van der Waals surface area contributed by atoms with Gasteiger partial charge in [-0.2, -0.15) is 0 Å². The average molecular weight is 225 g/mol. The van der Waals surface area contributed by atoms with E-state index >= 15 is 0 Å². The number of benzene rings is 1. The number of esters is 1. The van der Waals surface area contributed by atoms with Crippen LogP contribution in [-0.4, -0.2) is 5.97 Å². The highest BCUT2D eigenvalue weighted by molar-refractivity contribution is 6.30. The summed E-state index contributed by atoms with van der Waals surface area (Å²) in [5.41, 5.74) is 0.0493. The van der Waals surface area contributed by atoms with Crippen LogP contribution in [0.4, 0.5) is 0 Å². The van der Waals surface area contributed by atoms with Gasteiger partial charge in [-0.3, -0.25) is 4.79 Å². The maximum atomic E-state index is 11.0. The first-order valence-electron chi connectivity index (χ1n) is 4.57. The minimum atomic E-state index is -0.795. The minimum Gasteiger partial charge on any atom is -0.450 e. The lowest BCUT2D eigenvalue weighted by Gasteiger charge is -2.25. The first-order chi connectivity index (χ1) is 6.98. The zero-order valence-electron chi connectivity index (χ0n) is 8.79. The second-order valence-electron chi connectivity index (χ2n) is 3.41. The third-order valence-electron chi connectivity index (χ3n) is 2.16. The van der Waals surface area contributed by atoms with Crippen LogP contribution in [0.1, 0.15) is 19.4 Å². The fraction of sp³-hybridized carbons (Fsp3) is 0.250. The molecule has 15 heavy (non-hydrogen) atoms. The molecule has 0 saturated heterocycles. The molecule has 1 rings (SSSR count). The maximum absolute atomic E-state index is 11.0. The van der Waals surface area contributed by atoms with Crippen LogP contribution in [-0.2, 0) is 15.1 Å². The molecule has 0 spiro atoms. The van der Waals surface area contributed by atoms with Gasteiger partial charge in [-0.1, -0.05) is 30.3 Å². The van der Waals surface area contributed by atoms with Gasteiger partial charge in [-0.05, 0) is 30.7 Å². The lowest BCUT2D eigenvalue weighted by atomic mass is 9.96. The second kappa shape index (κ2) is 4.49. The van der Waals surface area contributed by atoms with E-state index in [0.717, 1.165) is 5.56 Å². The molecule has 0 bridgehead atoms. The molecule has 3 heteroatoms. The van der Waals surface area contributed by atoms with Gasteiger partial charge in [-0.25, -0.2) is 0 Å². The molecular weight excluding hydrogens is 212 g/mol. The number of carbonyl (C=O) groups excluding carboxylic acids is 1. The summed E-state index contributed by atoms with van der Waals surface area (Å²) in [6, 6.07) is 7.13. The summed E-state index contributed by atoms with van der Waals surface area (Å²) >= 11 is 5.78. The van der Waals surface area contributed by atoms with E-state index in [2.05, 4.69) is 6.58 Å². The third kappa shape index (κ3) is 2.83. The Bertz CT molecular complexity index is 370. The number of rotatable bonds is 3. The van der Waals surface area contributed by atoms with Crippen LogP contribution in [0.25, 0.3) is 0 Å². The van der Waals surface area contributed by atoms with Gasteiger partial charge in [-0.15, -0.1) is 0 Å². The molecule has 1 aromatic rings. The Morgan fingerprint density at radius 1 is 1.47 bits per heavy atom. The van der Waals surface area contributed by atoms with Crippen molar-refractivity contribution in [2.45, 2.75) is 19.4 Å². The summed E-state index contributed by atoms with van der Waals surface area (Å²) in [6.07, 6.45) is 1.59. The molecule has 2 nitrogen and oxygen atoms in total. The van der Waals surface area contributed by atoms with Crippen LogP contribution in [0.5, 0.6) is 0 Å². The summed E-state index contributed by atoms with van der Waals surface area (Å²) in [5, 5.41) is 0.646. The van der Waals surface area contributed by atoms with Crippen LogP contribution in [0.3, 0.4) is 0 Å². The van der Waals surface area contributed by atoms with Gasteiger partial charge in [0.1, 0.15) is 0 Å². The van der Waals surface area contributed by atoms with Gasteiger partial charge in [0.05, 0.1) is 0 Å². The molecule has 0 fully saturated rings. The van der Waals surface area contributed by atoms with Crippen molar-refractivity contribution in [1.82, 2.24) is 0 Å². The van der Waals surface area contributed by atoms with Gasteiger partial charge in [0.2, 0.25) is 0 Å². The first kappa shape index (κ1) is 11.8. The lowest BCUT2D eigenvalue weighted by Crippen LogP contribution is -2.25. The van der Waals surface area contributed by atoms with E-state index in [1.807, 2.05) is 12.1 Å². The molecule has 0 aliphatic carbocycles. The summed E-state index contributed by atoms with van der Waals surface area (Å²) in [6.45, 7) is 6.83. The largest absolute Gasteiger partial charge is 0.450 e. The molecular formula is C12H13ClO2. The molecule has 1 unspecified atom stereocenters. The van der Waals surface area contributed by atoms with E-state index in [-0.39, 0.29) is 5.97 Å². The number of hydrogen-bond acceptors (Lipinski definition) is 2. The zero-order valence-corrected chi connectivity index (χ0v) is 9.54. The Balaban J connectivity index is 3.05. The van der Waals surface area contributed by atoms with E-state index in [1.54, 1.807) is 25.1 Å². The molecule has 80 valence electrons. The molecule has 0 aliphatic rings. The van der Waals surface area contributed by atoms with Gasteiger partial charge in [0.15, 0.2) is 5.60 Å². The number of hydrogen-bond donors (Lipinski definition) is 0. The Kier molecular flexibility index (Phi) is 3.53. The quantitative estimate of drug-likeness (QED) is 0.582. The average Bonchev–Trinajstić information content (AvgIpc) is 2.17.